The number of anilines is 4. The predicted molar refractivity (Wildman–Crippen MR) is 210 cm³/mol. The number of hydrogen-bond acceptors (Lipinski definition) is 4. The molecule has 4 heteroatoms. The van der Waals surface area contributed by atoms with E-state index < -0.39 is 0 Å². The van der Waals surface area contributed by atoms with E-state index in [1.807, 2.05) is 11.3 Å². The summed E-state index contributed by atoms with van der Waals surface area (Å²) in [7, 11) is 0. The second-order valence-electron chi connectivity index (χ2n) is 12.6. The number of furan rings is 1. The molecular formula is C45H30N2OS. The third kappa shape index (κ3) is 4.72. The average molecular weight is 647 g/mol. The maximum atomic E-state index is 6.18. The molecule has 0 aliphatic carbocycles. The maximum absolute atomic E-state index is 6.18. The molecule has 3 heterocycles. The van der Waals surface area contributed by atoms with Crippen LogP contribution in [0.1, 0.15) is 5.56 Å². The zero-order valence-corrected chi connectivity index (χ0v) is 27.4. The molecule has 232 valence electrons. The molecule has 0 saturated heterocycles. The van der Waals surface area contributed by atoms with Gasteiger partial charge in [-0.15, -0.1) is 11.3 Å². The van der Waals surface area contributed by atoms with Crippen LogP contribution in [0.15, 0.2) is 162 Å². The Labute approximate surface area is 288 Å². The Kier molecular flexibility index (Phi) is 6.42. The van der Waals surface area contributed by atoms with Crippen molar-refractivity contribution in [2.24, 2.45) is 0 Å². The molecule has 0 saturated carbocycles. The van der Waals surface area contributed by atoms with E-state index in [1.165, 1.54) is 47.6 Å². The van der Waals surface area contributed by atoms with Crippen LogP contribution in [0.5, 0.6) is 0 Å². The number of benzene rings is 7. The number of nitrogens with one attached hydrogen (secondary N) is 1. The SMILES string of the molecule is C1=Cc2c(oc3cccc(-c4ccc(N(c5ccc(-c6ccc7ccccc7c6)cc5)c5ccc6sc7ccccc7c6c5)cc4)c23)NC1. The fraction of sp³-hybridized carbons (Fsp3) is 0.0222. The fourth-order valence-electron chi connectivity index (χ4n) is 7.29. The van der Waals surface area contributed by atoms with Gasteiger partial charge in [-0.1, -0.05) is 103 Å². The summed E-state index contributed by atoms with van der Waals surface area (Å²) in [4.78, 5) is 2.37. The molecule has 1 aliphatic rings. The van der Waals surface area contributed by atoms with E-state index in [-0.39, 0.29) is 0 Å². The van der Waals surface area contributed by atoms with Gasteiger partial charge in [0.25, 0.3) is 0 Å². The number of rotatable bonds is 5. The molecule has 0 radical (unpaired) electrons. The topological polar surface area (TPSA) is 28.4 Å². The van der Waals surface area contributed by atoms with Gasteiger partial charge < -0.3 is 14.6 Å². The Hall–Kier alpha value is -6.10. The number of nitrogens with zero attached hydrogens (tertiary/aromatic N) is 1. The normalized spacial score (nSPS) is 12.5. The summed E-state index contributed by atoms with van der Waals surface area (Å²) in [6.45, 7) is 0.781. The molecule has 3 nitrogen and oxygen atoms in total. The van der Waals surface area contributed by atoms with Crippen molar-refractivity contribution in [2.45, 2.75) is 0 Å². The fourth-order valence-corrected chi connectivity index (χ4v) is 8.38. The van der Waals surface area contributed by atoms with Crippen LogP contribution in [0.25, 0.3) is 70.2 Å². The van der Waals surface area contributed by atoms with E-state index in [2.05, 4.69) is 174 Å². The van der Waals surface area contributed by atoms with Gasteiger partial charge >= 0.3 is 0 Å². The predicted octanol–water partition coefficient (Wildman–Crippen LogP) is 13.2. The molecule has 1 N–H and O–H groups in total. The maximum Gasteiger partial charge on any atom is 0.201 e. The van der Waals surface area contributed by atoms with E-state index in [4.69, 9.17) is 4.42 Å². The van der Waals surface area contributed by atoms with Crippen LogP contribution in [-0.2, 0) is 0 Å². The van der Waals surface area contributed by atoms with E-state index in [0.29, 0.717) is 0 Å². The molecule has 7 aromatic carbocycles. The smallest absolute Gasteiger partial charge is 0.201 e. The van der Waals surface area contributed by atoms with Crippen LogP contribution in [0.2, 0.25) is 0 Å². The van der Waals surface area contributed by atoms with Gasteiger partial charge in [-0.25, -0.2) is 0 Å². The second-order valence-corrected chi connectivity index (χ2v) is 13.7. The molecule has 0 atom stereocenters. The van der Waals surface area contributed by atoms with Crippen LogP contribution in [-0.4, -0.2) is 6.54 Å². The number of fused-ring (bicyclic) bond motifs is 7. The lowest BCUT2D eigenvalue weighted by atomic mass is 9.97. The van der Waals surface area contributed by atoms with Gasteiger partial charge in [0.2, 0.25) is 5.88 Å². The van der Waals surface area contributed by atoms with Crippen molar-refractivity contribution in [3.63, 3.8) is 0 Å². The van der Waals surface area contributed by atoms with Crippen LogP contribution >= 0.6 is 11.3 Å². The van der Waals surface area contributed by atoms with E-state index in [0.717, 1.165) is 51.6 Å². The lowest BCUT2D eigenvalue weighted by Gasteiger charge is -2.26. The van der Waals surface area contributed by atoms with Crippen LogP contribution < -0.4 is 10.2 Å². The summed E-state index contributed by atoms with van der Waals surface area (Å²) < 4.78 is 8.79. The van der Waals surface area contributed by atoms with Gasteiger partial charge in [0.05, 0.1) is 0 Å². The lowest BCUT2D eigenvalue weighted by Crippen LogP contribution is -2.09. The summed E-state index contributed by atoms with van der Waals surface area (Å²) in [5, 5.41) is 9.61. The summed E-state index contributed by atoms with van der Waals surface area (Å²) in [6, 6.07) is 55.0. The third-order valence-corrected chi connectivity index (χ3v) is 10.8. The van der Waals surface area contributed by atoms with Crippen molar-refractivity contribution in [3.05, 3.63) is 163 Å². The van der Waals surface area contributed by atoms with Crippen LogP contribution in [0.4, 0.5) is 22.9 Å². The van der Waals surface area contributed by atoms with E-state index >= 15 is 0 Å². The van der Waals surface area contributed by atoms with Crippen molar-refractivity contribution >= 4 is 82.3 Å². The van der Waals surface area contributed by atoms with Crippen molar-refractivity contribution < 1.29 is 4.42 Å². The van der Waals surface area contributed by atoms with Crippen molar-refractivity contribution in [3.8, 4) is 22.3 Å². The highest BCUT2D eigenvalue weighted by Gasteiger charge is 2.19. The molecule has 0 spiro atoms. The first-order valence-electron chi connectivity index (χ1n) is 16.6. The zero-order valence-electron chi connectivity index (χ0n) is 26.6. The van der Waals surface area contributed by atoms with Gasteiger partial charge in [0.1, 0.15) is 5.58 Å². The Balaban J connectivity index is 1.09. The van der Waals surface area contributed by atoms with Gasteiger partial charge in [0.15, 0.2) is 0 Å². The van der Waals surface area contributed by atoms with Gasteiger partial charge in [-0.05, 0) is 93.7 Å². The minimum absolute atomic E-state index is 0.781. The van der Waals surface area contributed by atoms with E-state index in [9.17, 15) is 0 Å². The molecule has 10 rings (SSSR count). The second kappa shape index (κ2) is 11.3. The molecule has 0 bridgehead atoms. The molecule has 0 unspecified atom stereocenters. The lowest BCUT2D eigenvalue weighted by molar-refractivity contribution is 0.628. The highest BCUT2D eigenvalue weighted by atomic mass is 32.1. The minimum Gasteiger partial charge on any atom is -0.440 e. The van der Waals surface area contributed by atoms with Gasteiger partial charge in [-0.3, -0.25) is 0 Å². The largest absolute Gasteiger partial charge is 0.440 e. The standard InChI is InChI=1S/C45H30N2OS/c1-2-8-32-27-33(15-14-29(32)7-1)30-16-20-34(21-17-30)47(36-24-25-43-40(28-36)38-9-3-4-13-42(38)49-43)35-22-18-31(19-23-35)37-10-5-12-41-44(37)39-11-6-26-46-45(39)48-41/h1-25,27-28,46H,26H2. The summed E-state index contributed by atoms with van der Waals surface area (Å²) >= 11 is 1.85. The average Bonchev–Trinajstić information content (AvgIpc) is 3.74. The Bertz CT molecular complexity index is 2720. The first kappa shape index (κ1) is 28.0. The van der Waals surface area contributed by atoms with Crippen molar-refractivity contribution in [1.29, 1.82) is 0 Å². The third-order valence-electron chi connectivity index (χ3n) is 9.68. The van der Waals surface area contributed by atoms with Gasteiger partial charge in [-0.2, -0.15) is 0 Å². The Morgan fingerprint density at radius 2 is 1.27 bits per heavy atom. The van der Waals surface area contributed by atoms with E-state index in [1.54, 1.807) is 0 Å². The van der Waals surface area contributed by atoms with Crippen molar-refractivity contribution in [2.75, 3.05) is 16.8 Å². The first-order valence-corrected chi connectivity index (χ1v) is 17.5. The van der Waals surface area contributed by atoms with Crippen LogP contribution in [0.3, 0.4) is 0 Å². The molecule has 1 aliphatic heterocycles. The summed E-state index contributed by atoms with van der Waals surface area (Å²) in [5.74, 6) is 0.844. The summed E-state index contributed by atoms with van der Waals surface area (Å²) in [6.07, 6.45) is 4.32. The Morgan fingerprint density at radius 1 is 0.551 bits per heavy atom. The molecule has 49 heavy (non-hydrogen) atoms. The quantitative estimate of drug-likeness (QED) is 0.202. The zero-order chi connectivity index (χ0) is 32.3. The van der Waals surface area contributed by atoms with Crippen LogP contribution in [0, 0.1) is 0 Å². The molecule has 9 aromatic rings. The Morgan fingerprint density at radius 3 is 2.12 bits per heavy atom. The summed E-state index contributed by atoms with van der Waals surface area (Å²) in [5.41, 5.74) is 10.1. The molecule has 0 amide bonds. The highest BCUT2D eigenvalue weighted by molar-refractivity contribution is 7.25. The monoisotopic (exact) mass is 646 g/mol. The number of hydrogen-bond donors (Lipinski definition) is 1. The highest BCUT2D eigenvalue weighted by Crippen LogP contribution is 2.43. The minimum atomic E-state index is 0.781. The van der Waals surface area contributed by atoms with Gasteiger partial charge in [0, 0.05) is 54.7 Å². The molecule has 2 aromatic heterocycles. The first-order chi connectivity index (χ1) is 24.3. The molecule has 0 fully saturated rings. The number of thiophene rings is 1. The molecular weight excluding hydrogens is 617 g/mol. The van der Waals surface area contributed by atoms with Crippen molar-refractivity contribution in [1.82, 2.24) is 0 Å².